The van der Waals surface area contributed by atoms with E-state index in [0.717, 1.165) is 0 Å². The molecule has 0 unspecified atom stereocenters. The molecule has 1 fully saturated rings. The van der Waals surface area contributed by atoms with Gasteiger partial charge in [-0.05, 0) is 31.2 Å². The van der Waals surface area contributed by atoms with Crippen molar-refractivity contribution in [2.75, 3.05) is 26.2 Å². The molecule has 1 saturated heterocycles. The van der Waals surface area contributed by atoms with E-state index in [9.17, 15) is 18.0 Å². The normalized spacial score (nSPS) is 15.8. The average molecular weight is 396 g/mol. The summed E-state index contributed by atoms with van der Waals surface area (Å²) in [5, 5.41) is 0.164. The van der Waals surface area contributed by atoms with E-state index in [1.165, 1.54) is 27.4 Å². The molecule has 26 heavy (non-hydrogen) atoms. The molecule has 1 aliphatic heterocycles. The Morgan fingerprint density at radius 1 is 1.08 bits per heavy atom. The first-order chi connectivity index (χ1) is 12.3. The summed E-state index contributed by atoms with van der Waals surface area (Å²) in [7, 11) is -3.72. The SMILES string of the molecule is Cc1ccc(C(=O)N2CCN(S(=O)(=O)c3ccccc3Cl)CC2)c(=O)[nH]1. The quantitative estimate of drug-likeness (QED) is 0.852. The van der Waals surface area contributed by atoms with Gasteiger partial charge in [-0.25, -0.2) is 8.42 Å². The minimum Gasteiger partial charge on any atom is -0.336 e. The monoisotopic (exact) mass is 395 g/mol. The number of halogens is 1. The van der Waals surface area contributed by atoms with E-state index in [-0.39, 0.29) is 41.7 Å². The number of hydrogen-bond donors (Lipinski definition) is 1. The molecule has 1 aromatic carbocycles. The Hall–Kier alpha value is -2.16. The van der Waals surface area contributed by atoms with Crippen LogP contribution in [0.25, 0.3) is 0 Å². The van der Waals surface area contributed by atoms with Crippen LogP contribution in [0.3, 0.4) is 0 Å². The summed E-state index contributed by atoms with van der Waals surface area (Å²) in [6, 6.07) is 9.41. The predicted octanol–water partition coefficient (Wildman–Crippen LogP) is 1.48. The number of hydrogen-bond acceptors (Lipinski definition) is 4. The number of benzene rings is 1. The number of aryl methyl sites for hydroxylation is 1. The first-order valence-electron chi connectivity index (χ1n) is 8.04. The lowest BCUT2D eigenvalue weighted by Gasteiger charge is -2.34. The van der Waals surface area contributed by atoms with Gasteiger partial charge in [0.2, 0.25) is 10.0 Å². The summed E-state index contributed by atoms with van der Waals surface area (Å²) in [5.41, 5.74) is 0.279. The van der Waals surface area contributed by atoms with Crippen LogP contribution in [0.1, 0.15) is 16.1 Å². The topological polar surface area (TPSA) is 90.6 Å². The minimum atomic E-state index is -3.72. The Bertz CT molecular complexity index is 995. The minimum absolute atomic E-state index is 0.0522. The van der Waals surface area contributed by atoms with Gasteiger partial charge in [-0.2, -0.15) is 4.31 Å². The number of piperazine rings is 1. The lowest BCUT2D eigenvalue weighted by molar-refractivity contribution is 0.0696. The van der Waals surface area contributed by atoms with Crippen molar-refractivity contribution >= 4 is 27.5 Å². The highest BCUT2D eigenvalue weighted by Crippen LogP contribution is 2.25. The number of carbonyl (C=O) groups is 1. The first kappa shape index (κ1) is 18.6. The molecule has 7 nitrogen and oxygen atoms in total. The van der Waals surface area contributed by atoms with Crippen LogP contribution in [0.5, 0.6) is 0 Å². The van der Waals surface area contributed by atoms with E-state index < -0.39 is 21.5 Å². The molecule has 0 bridgehead atoms. The number of aromatic amines is 1. The van der Waals surface area contributed by atoms with Crippen LogP contribution in [0.4, 0.5) is 0 Å². The molecule has 2 aromatic rings. The fourth-order valence-electron chi connectivity index (χ4n) is 2.84. The smallest absolute Gasteiger partial charge is 0.260 e. The van der Waals surface area contributed by atoms with Crippen LogP contribution in [0, 0.1) is 6.92 Å². The second-order valence-corrected chi connectivity index (χ2v) is 8.32. The molecule has 0 radical (unpaired) electrons. The maximum absolute atomic E-state index is 12.7. The van der Waals surface area contributed by atoms with Crippen molar-refractivity contribution in [3.05, 3.63) is 63.0 Å². The summed E-state index contributed by atoms with van der Waals surface area (Å²) >= 11 is 6.01. The molecule has 1 aliphatic rings. The third kappa shape index (κ3) is 3.53. The molecule has 0 spiro atoms. The number of nitrogens with zero attached hydrogens (tertiary/aromatic N) is 2. The number of nitrogens with one attached hydrogen (secondary N) is 1. The van der Waals surface area contributed by atoms with Gasteiger partial charge in [0.25, 0.3) is 11.5 Å². The zero-order valence-corrected chi connectivity index (χ0v) is 15.7. The Kier molecular flexibility index (Phi) is 5.17. The van der Waals surface area contributed by atoms with Crippen molar-refractivity contribution in [1.82, 2.24) is 14.2 Å². The molecule has 3 rings (SSSR count). The van der Waals surface area contributed by atoms with Crippen LogP contribution in [0.15, 0.2) is 46.1 Å². The summed E-state index contributed by atoms with van der Waals surface area (Å²) in [6.07, 6.45) is 0. The number of rotatable bonds is 3. The molecule has 1 amide bonds. The van der Waals surface area contributed by atoms with Gasteiger partial charge in [0, 0.05) is 31.9 Å². The van der Waals surface area contributed by atoms with E-state index in [4.69, 9.17) is 11.6 Å². The number of sulfonamides is 1. The third-order valence-corrected chi connectivity index (χ3v) is 6.66. The Morgan fingerprint density at radius 2 is 1.73 bits per heavy atom. The van der Waals surface area contributed by atoms with Gasteiger partial charge >= 0.3 is 0 Å². The second kappa shape index (κ2) is 7.22. The van der Waals surface area contributed by atoms with E-state index in [2.05, 4.69) is 4.98 Å². The Balaban J connectivity index is 1.74. The molecule has 9 heteroatoms. The molecular formula is C17H18ClN3O4S. The number of carbonyl (C=O) groups excluding carboxylic acids is 1. The highest BCUT2D eigenvalue weighted by Gasteiger charge is 2.32. The van der Waals surface area contributed by atoms with Crippen LogP contribution in [-0.4, -0.2) is 54.7 Å². The number of amides is 1. The van der Waals surface area contributed by atoms with Crippen molar-refractivity contribution in [3.63, 3.8) is 0 Å². The van der Waals surface area contributed by atoms with Gasteiger partial charge in [0.05, 0.1) is 5.02 Å². The van der Waals surface area contributed by atoms with Crippen molar-refractivity contribution < 1.29 is 13.2 Å². The Labute approximate surface area is 156 Å². The fraction of sp³-hybridized carbons (Fsp3) is 0.294. The van der Waals surface area contributed by atoms with Crippen molar-refractivity contribution in [1.29, 1.82) is 0 Å². The van der Waals surface area contributed by atoms with Crippen LogP contribution >= 0.6 is 11.6 Å². The van der Waals surface area contributed by atoms with E-state index in [1.54, 1.807) is 25.1 Å². The highest BCUT2D eigenvalue weighted by molar-refractivity contribution is 7.89. The lowest BCUT2D eigenvalue weighted by atomic mass is 10.2. The van der Waals surface area contributed by atoms with Gasteiger partial charge < -0.3 is 9.88 Å². The maximum Gasteiger partial charge on any atom is 0.260 e. The third-order valence-electron chi connectivity index (χ3n) is 4.27. The fourth-order valence-corrected chi connectivity index (χ4v) is 4.75. The standard InChI is InChI=1S/C17H18ClN3O4S/c1-12-6-7-13(16(22)19-12)17(23)20-8-10-21(11-9-20)26(24,25)15-5-3-2-4-14(15)18/h2-7H,8-11H2,1H3,(H,19,22). The second-order valence-electron chi connectivity index (χ2n) is 6.01. The summed E-state index contributed by atoms with van der Waals surface area (Å²) in [6.45, 7) is 2.42. The van der Waals surface area contributed by atoms with Crippen molar-refractivity contribution in [2.45, 2.75) is 11.8 Å². The largest absolute Gasteiger partial charge is 0.336 e. The zero-order chi connectivity index (χ0) is 18.9. The number of pyridine rings is 1. The van der Waals surface area contributed by atoms with E-state index >= 15 is 0 Å². The van der Waals surface area contributed by atoms with Crippen molar-refractivity contribution in [3.8, 4) is 0 Å². The van der Waals surface area contributed by atoms with Crippen molar-refractivity contribution in [2.24, 2.45) is 0 Å². The summed E-state index contributed by atoms with van der Waals surface area (Å²) < 4.78 is 26.8. The molecule has 1 N–H and O–H groups in total. The lowest BCUT2D eigenvalue weighted by Crippen LogP contribution is -2.51. The maximum atomic E-state index is 12.7. The van der Waals surface area contributed by atoms with Crippen LogP contribution in [-0.2, 0) is 10.0 Å². The molecule has 1 aromatic heterocycles. The molecule has 0 saturated carbocycles. The molecular weight excluding hydrogens is 378 g/mol. The van der Waals surface area contributed by atoms with Gasteiger partial charge in [-0.3, -0.25) is 9.59 Å². The Morgan fingerprint density at radius 3 is 2.35 bits per heavy atom. The molecule has 2 heterocycles. The van der Waals surface area contributed by atoms with Gasteiger partial charge in [-0.15, -0.1) is 0 Å². The van der Waals surface area contributed by atoms with Gasteiger partial charge in [-0.1, -0.05) is 23.7 Å². The van der Waals surface area contributed by atoms with Crippen LogP contribution in [0.2, 0.25) is 5.02 Å². The van der Waals surface area contributed by atoms with Gasteiger partial charge in [0.15, 0.2) is 0 Å². The number of aromatic nitrogens is 1. The predicted molar refractivity (Wildman–Crippen MR) is 97.9 cm³/mol. The number of H-pyrrole nitrogens is 1. The first-order valence-corrected chi connectivity index (χ1v) is 9.86. The molecule has 0 aliphatic carbocycles. The molecule has 138 valence electrons. The highest BCUT2D eigenvalue weighted by atomic mass is 35.5. The molecule has 0 atom stereocenters. The van der Waals surface area contributed by atoms with Crippen LogP contribution < -0.4 is 5.56 Å². The zero-order valence-electron chi connectivity index (χ0n) is 14.1. The average Bonchev–Trinajstić information content (AvgIpc) is 2.61. The summed E-state index contributed by atoms with van der Waals surface area (Å²) in [5.74, 6) is -0.402. The van der Waals surface area contributed by atoms with Gasteiger partial charge in [0.1, 0.15) is 10.5 Å². The van der Waals surface area contributed by atoms with E-state index in [0.29, 0.717) is 5.69 Å². The summed E-state index contributed by atoms with van der Waals surface area (Å²) in [4.78, 5) is 28.6. The van der Waals surface area contributed by atoms with E-state index in [1.807, 2.05) is 0 Å².